The van der Waals surface area contributed by atoms with Crippen molar-refractivity contribution in [1.82, 2.24) is 9.80 Å². The Morgan fingerprint density at radius 1 is 1.47 bits per heavy atom. The van der Waals surface area contributed by atoms with Gasteiger partial charge in [-0.05, 0) is 19.1 Å². The van der Waals surface area contributed by atoms with E-state index in [0.29, 0.717) is 32.0 Å². The van der Waals surface area contributed by atoms with Gasteiger partial charge in [0.05, 0.1) is 12.9 Å². The number of hydrogen-bond acceptors (Lipinski definition) is 5. The molecular weight excluding hydrogens is 248 g/mol. The van der Waals surface area contributed by atoms with Gasteiger partial charge in [0.1, 0.15) is 11.9 Å². The van der Waals surface area contributed by atoms with Crippen LogP contribution in [0.4, 0.5) is 4.79 Å². The molecule has 1 aromatic rings. The molecule has 1 saturated heterocycles. The highest BCUT2D eigenvalue weighted by Gasteiger charge is 2.24. The number of β-amino-alcohol motifs (C(OH)–C–C–N with tert-alkyl or cyclic N) is 1. The van der Waals surface area contributed by atoms with Crippen LogP contribution in [0.25, 0.3) is 0 Å². The number of amides is 1. The first-order valence-electron chi connectivity index (χ1n) is 6.56. The van der Waals surface area contributed by atoms with Gasteiger partial charge >= 0.3 is 6.09 Å². The van der Waals surface area contributed by atoms with E-state index in [0.717, 1.165) is 13.1 Å². The molecule has 1 fully saturated rings. The minimum Gasteiger partial charge on any atom is -0.467 e. The first-order chi connectivity index (χ1) is 9.20. The third-order valence-electron chi connectivity index (χ3n) is 3.20. The lowest BCUT2D eigenvalue weighted by Crippen LogP contribution is -2.49. The lowest BCUT2D eigenvalue weighted by atomic mass is 10.2. The second-order valence-electron chi connectivity index (χ2n) is 4.52. The van der Waals surface area contributed by atoms with Gasteiger partial charge in [-0.3, -0.25) is 4.90 Å². The van der Waals surface area contributed by atoms with Gasteiger partial charge in [0, 0.05) is 32.7 Å². The molecule has 6 nitrogen and oxygen atoms in total. The molecule has 1 N–H and O–H groups in total. The van der Waals surface area contributed by atoms with Gasteiger partial charge in [0.2, 0.25) is 0 Å². The van der Waals surface area contributed by atoms with Crippen LogP contribution in [0.1, 0.15) is 18.8 Å². The van der Waals surface area contributed by atoms with Crippen molar-refractivity contribution in [3.8, 4) is 0 Å². The van der Waals surface area contributed by atoms with Crippen LogP contribution >= 0.6 is 0 Å². The molecule has 0 aromatic carbocycles. The minimum absolute atomic E-state index is 0.256. The number of furan rings is 1. The number of ether oxygens (including phenoxy) is 1. The quantitative estimate of drug-likeness (QED) is 0.885. The standard InChI is InChI=1S/C13H20N2O4/c1-2-18-13(17)15-7-5-14(6-8-15)10-11(16)12-4-3-9-19-12/h3-4,9,11,16H,2,5-8,10H2,1H3. The maximum atomic E-state index is 11.5. The monoisotopic (exact) mass is 268 g/mol. The topological polar surface area (TPSA) is 66.2 Å². The van der Waals surface area contributed by atoms with E-state index in [1.54, 1.807) is 30.2 Å². The summed E-state index contributed by atoms with van der Waals surface area (Å²) in [4.78, 5) is 15.3. The molecule has 1 aromatic heterocycles. The molecule has 1 amide bonds. The fourth-order valence-electron chi connectivity index (χ4n) is 2.14. The number of aliphatic hydroxyl groups is 1. The summed E-state index contributed by atoms with van der Waals surface area (Å²) in [5.41, 5.74) is 0. The summed E-state index contributed by atoms with van der Waals surface area (Å²) in [5, 5.41) is 9.98. The Bertz CT molecular complexity index is 385. The normalized spacial score (nSPS) is 18.3. The number of hydrogen-bond donors (Lipinski definition) is 1. The number of aliphatic hydroxyl groups excluding tert-OH is 1. The van der Waals surface area contributed by atoms with Gasteiger partial charge in [0.25, 0.3) is 0 Å². The number of carbonyl (C=O) groups is 1. The fraction of sp³-hybridized carbons (Fsp3) is 0.615. The average Bonchev–Trinajstić information content (AvgIpc) is 2.94. The van der Waals surface area contributed by atoms with Crippen molar-refractivity contribution in [1.29, 1.82) is 0 Å². The molecule has 2 heterocycles. The summed E-state index contributed by atoms with van der Waals surface area (Å²) in [6, 6.07) is 3.52. The largest absolute Gasteiger partial charge is 0.467 e. The van der Waals surface area contributed by atoms with E-state index in [1.807, 2.05) is 0 Å². The van der Waals surface area contributed by atoms with Gasteiger partial charge in [-0.25, -0.2) is 4.79 Å². The number of carbonyl (C=O) groups excluding carboxylic acids is 1. The Morgan fingerprint density at radius 3 is 2.79 bits per heavy atom. The Labute approximate surface area is 112 Å². The molecule has 1 aliphatic heterocycles. The first-order valence-corrected chi connectivity index (χ1v) is 6.56. The molecule has 6 heteroatoms. The van der Waals surface area contributed by atoms with Gasteiger partial charge < -0.3 is 19.2 Å². The van der Waals surface area contributed by atoms with Crippen molar-refractivity contribution in [2.24, 2.45) is 0 Å². The molecule has 0 saturated carbocycles. The second-order valence-corrected chi connectivity index (χ2v) is 4.52. The smallest absolute Gasteiger partial charge is 0.409 e. The van der Waals surface area contributed by atoms with Crippen molar-refractivity contribution < 1.29 is 19.1 Å². The zero-order chi connectivity index (χ0) is 13.7. The van der Waals surface area contributed by atoms with Crippen molar-refractivity contribution >= 4 is 6.09 Å². The van der Waals surface area contributed by atoms with Gasteiger partial charge in [-0.15, -0.1) is 0 Å². The van der Waals surface area contributed by atoms with E-state index in [-0.39, 0.29) is 6.09 Å². The molecule has 106 valence electrons. The second kappa shape index (κ2) is 6.58. The molecular formula is C13H20N2O4. The van der Waals surface area contributed by atoms with Gasteiger partial charge in [0.15, 0.2) is 0 Å². The molecule has 1 unspecified atom stereocenters. The number of nitrogens with zero attached hydrogens (tertiary/aromatic N) is 2. The van der Waals surface area contributed by atoms with Gasteiger partial charge in [-0.2, -0.15) is 0 Å². The van der Waals surface area contributed by atoms with Crippen molar-refractivity contribution in [3.63, 3.8) is 0 Å². The molecule has 0 bridgehead atoms. The zero-order valence-electron chi connectivity index (χ0n) is 11.1. The highest BCUT2D eigenvalue weighted by Crippen LogP contribution is 2.15. The molecule has 1 atom stereocenters. The van der Waals surface area contributed by atoms with Crippen LogP contribution in [0.5, 0.6) is 0 Å². The van der Waals surface area contributed by atoms with Crippen LogP contribution in [-0.2, 0) is 4.74 Å². The summed E-state index contributed by atoms with van der Waals surface area (Å²) < 4.78 is 10.1. The van der Waals surface area contributed by atoms with Crippen LogP contribution in [-0.4, -0.2) is 60.3 Å². The predicted octanol–water partition coefficient (Wildman–Crippen LogP) is 1.09. The van der Waals surface area contributed by atoms with E-state index in [9.17, 15) is 9.90 Å². The number of rotatable bonds is 4. The number of piperazine rings is 1. The van der Waals surface area contributed by atoms with E-state index in [1.165, 1.54) is 0 Å². The van der Waals surface area contributed by atoms with Crippen molar-refractivity contribution in [3.05, 3.63) is 24.2 Å². The molecule has 2 rings (SSSR count). The lowest BCUT2D eigenvalue weighted by Gasteiger charge is -2.34. The van der Waals surface area contributed by atoms with Gasteiger partial charge in [-0.1, -0.05) is 0 Å². The van der Waals surface area contributed by atoms with E-state index in [4.69, 9.17) is 9.15 Å². The summed E-state index contributed by atoms with van der Waals surface area (Å²) >= 11 is 0. The van der Waals surface area contributed by atoms with Crippen molar-refractivity contribution in [2.75, 3.05) is 39.3 Å². The summed E-state index contributed by atoms with van der Waals surface area (Å²) in [6.07, 6.45) is 0.676. The molecule has 19 heavy (non-hydrogen) atoms. The Kier molecular flexibility index (Phi) is 4.81. The minimum atomic E-state index is -0.621. The van der Waals surface area contributed by atoms with Crippen LogP contribution in [0.2, 0.25) is 0 Å². The van der Waals surface area contributed by atoms with E-state index >= 15 is 0 Å². The summed E-state index contributed by atoms with van der Waals surface area (Å²) in [7, 11) is 0. The zero-order valence-corrected chi connectivity index (χ0v) is 11.1. The Balaban J connectivity index is 1.76. The summed E-state index contributed by atoms with van der Waals surface area (Å²) in [6.45, 7) is 5.44. The SMILES string of the molecule is CCOC(=O)N1CCN(CC(O)c2ccco2)CC1. The molecule has 0 aliphatic carbocycles. The third-order valence-corrected chi connectivity index (χ3v) is 3.20. The van der Waals surface area contributed by atoms with Crippen LogP contribution in [0.15, 0.2) is 22.8 Å². The third kappa shape index (κ3) is 3.71. The lowest BCUT2D eigenvalue weighted by molar-refractivity contribution is 0.0515. The molecule has 0 radical (unpaired) electrons. The fourth-order valence-corrected chi connectivity index (χ4v) is 2.14. The maximum absolute atomic E-state index is 11.5. The highest BCUT2D eigenvalue weighted by atomic mass is 16.6. The predicted molar refractivity (Wildman–Crippen MR) is 68.7 cm³/mol. The Hall–Kier alpha value is -1.53. The van der Waals surface area contributed by atoms with E-state index < -0.39 is 6.10 Å². The first kappa shape index (κ1) is 13.9. The van der Waals surface area contributed by atoms with Crippen LogP contribution in [0, 0.1) is 0 Å². The van der Waals surface area contributed by atoms with Crippen LogP contribution in [0.3, 0.4) is 0 Å². The molecule has 0 spiro atoms. The van der Waals surface area contributed by atoms with Crippen LogP contribution < -0.4 is 0 Å². The average molecular weight is 268 g/mol. The highest BCUT2D eigenvalue weighted by molar-refractivity contribution is 5.67. The Morgan fingerprint density at radius 2 is 2.21 bits per heavy atom. The maximum Gasteiger partial charge on any atom is 0.409 e. The summed E-state index contributed by atoms with van der Waals surface area (Å²) in [5.74, 6) is 0.577. The van der Waals surface area contributed by atoms with E-state index in [2.05, 4.69) is 4.90 Å². The molecule has 1 aliphatic rings. The van der Waals surface area contributed by atoms with Crippen molar-refractivity contribution in [2.45, 2.75) is 13.0 Å².